The standard InChI is InChI=1S/C14H22F4O5/c1-7-11(3,9(19)21-5)13(15,16)23-14(17,18)12(4,8-2)10(20)22-6/h7-8H2,1-6H3. The van der Waals surface area contributed by atoms with Gasteiger partial charge in [-0.25, -0.2) is 0 Å². The van der Waals surface area contributed by atoms with E-state index in [1.807, 2.05) is 0 Å². The Hall–Kier alpha value is -1.38. The van der Waals surface area contributed by atoms with Crippen molar-refractivity contribution in [1.82, 2.24) is 0 Å². The first-order valence-corrected chi connectivity index (χ1v) is 6.92. The highest BCUT2D eigenvalue weighted by Gasteiger charge is 2.66. The van der Waals surface area contributed by atoms with E-state index in [9.17, 15) is 27.2 Å². The molecule has 0 aromatic carbocycles. The Morgan fingerprint density at radius 3 is 1.22 bits per heavy atom. The predicted octanol–water partition coefficient (Wildman–Crippen LogP) is 3.37. The molecule has 0 aromatic rings. The highest BCUT2D eigenvalue weighted by atomic mass is 19.3. The van der Waals surface area contributed by atoms with Crippen molar-refractivity contribution >= 4 is 11.9 Å². The summed E-state index contributed by atoms with van der Waals surface area (Å²) >= 11 is 0. The largest absolute Gasteiger partial charge is 0.468 e. The molecule has 136 valence electrons. The second-order valence-corrected chi connectivity index (χ2v) is 5.49. The molecule has 9 heteroatoms. The van der Waals surface area contributed by atoms with Crippen molar-refractivity contribution in [3.05, 3.63) is 0 Å². The van der Waals surface area contributed by atoms with Gasteiger partial charge in [-0.15, -0.1) is 0 Å². The molecule has 0 spiro atoms. The van der Waals surface area contributed by atoms with Gasteiger partial charge in [0.1, 0.15) is 0 Å². The minimum absolute atomic E-state index is 0.524. The number of halogens is 4. The maximum atomic E-state index is 14.3. The minimum Gasteiger partial charge on any atom is -0.468 e. The van der Waals surface area contributed by atoms with Gasteiger partial charge in [-0.2, -0.15) is 17.6 Å². The van der Waals surface area contributed by atoms with Crippen molar-refractivity contribution in [2.24, 2.45) is 10.8 Å². The number of alkyl halides is 4. The van der Waals surface area contributed by atoms with Crippen LogP contribution >= 0.6 is 0 Å². The molecule has 0 aliphatic heterocycles. The monoisotopic (exact) mass is 346 g/mol. The van der Waals surface area contributed by atoms with E-state index in [-0.39, 0.29) is 0 Å². The van der Waals surface area contributed by atoms with Crippen LogP contribution in [0, 0.1) is 10.8 Å². The molecule has 0 saturated carbocycles. The zero-order chi connectivity index (χ0) is 18.7. The van der Waals surface area contributed by atoms with Crippen LogP contribution in [-0.2, 0) is 23.8 Å². The average molecular weight is 346 g/mol. The zero-order valence-electron chi connectivity index (χ0n) is 14.0. The molecule has 0 N–H and O–H groups in total. The van der Waals surface area contributed by atoms with E-state index in [1.54, 1.807) is 0 Å². The van der Waals surface area contributed by atoms with E-state index in [2.05, 4.69) is 14.2 Å². The molecular weight excluding hydrogens is 324 g/mol. The molecule has 0 fully saturated rings. The zero-order valence-corrected chi connectivity index (χ0v) is 14.0. The summed E-state index contributed by atoms with van der Waals surface area (Å²) in [6.07, 6.45) is -10.2. The van der Waals surface area contributed by atoms with E-state index in [1.165, 1.54) is 13.8 Å². The van der Waals surface area contributed by atoms with Crippen LogP contribution in [0.25, 0.3) is 0 Å². The Balaban J connectivity index is 5.82. The number of hydrogen-bond donors (Lipinski definition) is 0. The van der Waals surface area contributed by atoms with Crippen LogP contribution in [0.3, 0.4) is 0 Å². The van der Waals surface area contributed by atoms with Gasteiger partial charge in [-0.1, -0.05) is 13.8 Å². The van der Waals surface area contributed by atoms with Gasteiger partial charge >= 0.3 is 24.2 Å². The van der Waals surface area contributed by atoms with Crippen LogP contribution in [-0.4, -0.2) is 38.4 Å². The van der Waals surface area contributed by atoms with Crippen LogP contribution in [0.5, 0.6) is 0 Å². The number of ether oxygens (including phenoxy) is 3. The van der Waals surface area contributed by atoms with E-state index < -0.39 is 47.8 Å². The Kier molecular flexibility index (Phi) is 6.60. The number of carbonyl (C=O) groups excluding carboxylic acids is 2. The van der Waals surface area contributed by atoms with Crippen LogP contribution in [0.1, 0.15) is 40.5 Å². The second kappa shape index (κ2) is 7.02. The van der Waals surface area contributed by atoms with Gasteiger partial charge in [0, 0.05) is 0 Å². The summed E-state index contributed by atoms with van der Waals surface area (Å²) in [5.74, 6) is -2.81. The SMILES string of the molecule is CCC(C)(C(=O)OC)C(F)(F)OC(F)(F)C(C)(CC)C(=O)OC. The van der Waals surface area contributed by atoms with Gasteiger partial charge in [-0.3, -0.25) is 14.3 Å². The predicted molar refractivity (Wildman–Crippen MR) is 71.8 cm³/mol. The lowest BCUT2D eigenvalue weighted by Gasteiger charge is -2.40. The van der Waals surface area contributed by atoms with Gasteiger partial charge in [0.15, 0.2) is 10.8 Å². The third-order valence-electron chi connectivity index (χ3n) is 4.23. The van der Waals surface area contributed by atoms with Gasteiger partial charge in [0.05, 0.1) is 14.2 Å². The van der Waals surface area contributed by atoms with Gasteiger partial charge < -0.3 is 9.47 Å². The van der Waals surface area contributed by atoms with E-state index >= 15 is 0 Å². The molecule has 0 rings (SSSR count). The maximum absolute atomic E-state index is 14.3. The fraction of sp³-hybridized carbons (Fsp3) is 0.857. The second-order valence-electron chi connectivity index (χ2n) is 5.49. The van der Waals surface area contributed by atoms with Crippen molar-refractivity contribution in [3.8, 4) is 0 Å². The normalized spacial score (nSPS) is 17.8. The smallest absolute Gasteiger partial charge is 0.376 e. The molecule has 0 aliphatic carbocycles. The summed E-state index contributed by atoms with van der Waals surface area (Å²) in [6.45, 7) is 3.89. The summed E-state index contributed by atoms with van der Waals surface area (Å²) in [7, 11) is 1.71. The van der Waals surface area contributed by atoms with Gasteiger partial charge in [-0.05, 0) is 26.7 Å². The van der Waals surface area contributed by atoms with Crippen molar-refractivity contribution < 1.29 is 41.4 Å². The third-order valence-corrected chi connectivity index (χ3v) is 4.23. The summed E-state index contributed by atoms with van der Waals surface area (Å²) in [5.41, 5.74) is -5.29. The molecule has 0 aromatic heterocycles. The summed E-state index contributed by atoms with van der Waals surface area (Å²) in [4.78, 5) is 23.2. The fourth-order valence-electron chi connectivity index (χ4n) is 1.77. The molecule has 0 amide bonds. The molecule has 0 saturated heterocycles. The van der Waals surface area contributed by atoms with Crippen LogP contribution in [0.15, 0.2) is 0 Å². The highest BCUT2D eigenvalue weighted by Crippen LogP contribution is 2.50. The molecule has 0 bridgehead atoms. The fourth-order valence-corrected chi connectivity index (χ4v) is 1.77. The first kappa shape index (κ1) is 21.6. The number of rotatable bonds is 8. The summed E-state index contributed by atoms with van der Waals surface area (Å²) in [5, 5.41) is 0. The van der Waals surface area contributed by atoms with E-state index in [4.69, 9.17) is 0 Å². The van der Waals surface area contributed by atoms with Gasteiger partial charge in [0.25, 0.3) is 0 Å². The molecule has 0 heterocycles. The average Bonchev–Trinajstić information content (AvgIpc) is 2.49. The summed E-state index contributed by atoms with van der Waals surface area (Å²) < 4.78 is 69.4. The quantitative estimate of drug-likeness (QED) is 0.498. The first-order valence-electron chi connectivity index (χ1n) is 6.92. The highest BCUT2D eigenvalue weighted by molar-refractivity contribution is 5.78. The summed E-state index contributed by atoms with van der Waals surface area (Å²) in [6, 6.07) is 0. The lowest BCUT2D eigenvalue weighted by molar-refractivity contribution is -0.428. The Labute approximate surface area is 132 Å². The Morgan fingerprint density at radius 1 is 0.783 bits per heavy atom. The van der Waals surface area contributed by atoms with E-state index in [0.29, 0.717) is 0 Å². The van der Waals surface area contributed by atoms with Crippen molar-refractivity contribution in [3.63, 3.8) is 0 Å². The third kappa shape index (κ3) is 3.59. The van der Waals surface area contributed by atoms with E-state index in [0.717, 1.165) is 28.1 Å². The van der Waals surface area contributed by atoms with Crippen molar-refractivity contribution in [2.75, 3.05) is 14.2 Å². The topological polar surface area (TPSA) is 61.8 Å². The number of carbonyl (C=O) groups is 2. The molecule has 2 unspecified atom stereocenters. The number of esters is 2. The van der Waals surface area contributed by atoms with Crippen LogP contribution in [0.4, 0.5) is 17.6 Å². The Bertz CT molecular complexity index is 414. The van der Waals surface area contributed by atoms with Crippen molar-refractivity contribution in [2.45, 2.75) is 52.8 Å². The molecule has 2 atom stereocenters. The number of methoxy groups -OCH3 is 2. The Morgan fingerprint density at radius 2 is 1.04 bits per heavy atom. The molecule has 5 nitrogen and oxygen atoms in total. The van der Waals surface area contributed by atoms with Gasteiger partial charge in [0.2, 0.25) is 0 Å². The molecule has 23 heavy (non-hydrogen) atoms. The van der Waals surface area contributed by atoms with Crippen LogP contribution in [0.2, 0.25) is 0 Å². The lowest BCUT2D eigenvalue weighted by atomic mass is 9.84. The molecular formula is C14H22F4O5. The lowest BCUT2D eigenvalue weighted by Crippen LogP contribution is -2.56. The minimum atomic E-state index is -4.58. The van der Waals surface area contributed by atoms with Crippen LogP contribution < -0.4 is 0 Å². The molecule has 0 radical (unpaired) electrons. The number of hydrogen-bond acceptors (Lipinski definition) is 5. The maximum Gasteiger partial charge on any atom is 0.376 e. The van der Waals surface area contributed by atoms with Crippen molar-refractivity contribution in [1.29, 1.82) is 0 Å². The molecule has 0 aliphatic rings. The first-order chi connectivity index (χ1) is 10.3.